The minimum absolute atomic E-state index is 0.0160. The van der Waals surface area contributed by atoms with E-state index in [4.69, 9.17) is 4.74 Å². The van der Waals surface area contributed by atoms with Crippen LogP contribution in [-0.4, -0.2) is 23.1 Å². The van der Waals surface area contributed by atoms with E-state index in [1.54, 1.807) is 37.4 Å². The Labute approximate surface area is 148 Å². The molecule has 0 aromatic heterocycles. The second-order valence-corrected chi connectivity index (χ2v) is 6.22. The largest absolute Gasteiger partial charge is 0.508 e. The highest BCUT2D eigenvalue weighted by Gasteiger charge is 2.17. The molecule has 0 saturated carbocycles. The SMILES string of the molecule is COc1ccc(C(=O)CCc2cccc(O)c2)c(O)c1CC=C(C)C. The summed E-state index contributed by atoms with van der Waals surface area (Å²) in [6, 6.07) is 10.2. The van der Waals surface area contributed by atoms with E-state index >= 15 is 0 Å². The van der Waals surface area contributed by atoms with Crippen molar-refractivity contribution in [2.75, 3.05) is 7.11 Å². The molecule has 0 amide bonds. The van der Waals surface area contributed by atoms with Crippen molar-refractivity contribution in [3.05, 3.63) is 64.7 Å². The van der Waals surface area contributed by atoms with Gasteiger partial charge in [-0.25, -0.2) is 0 Å². The van der Waals surface area contributed by atoms with E-state index in [1.165, 1.54) is 0 Å². The summed E-state index contributed by atoms with van der Waals surface area (Å²) in [6.07, 6.45) is 3.25. The van der Waals surface area contributed by atoms with Crippen LogP contribution < -0.4 is 4.74 Å². The number of methoxy groups -OCH3 is 1. The van der Waals surface area contributed by atoms with Crippen molar-refractivity contribution >= 4 is 5.78 Å². The number of Topliss-reactive ketones (excluding diaryl/α,β-unsaturated/α-hetero) is 1. The highest BCUT2D eigenvalue weighted by molar-refractivity contribution is 5.99. The number of aryl methyl sites for hydroxylation is 1. The predicted molar refractivity (Wildman–Crippen MR) is 98.6 cm³/mol. The van der Waals surface area contributed by atoms with Gasteiger partial charge in [-0.05, 0) is 56.5 Å². The molecule has 0 bridgehead atoms. The van der Waals surface area contributed by atoms with Crippen molar-refractivity contribution < 1.29 is 19.7 Å². The maximum atomic E-state index is 12.5. The van der Waals surface area contributed by atoms with Gasteiger partial charge in [-0.1, -0.05) is 23.8 Å². The lowest BCUT2D eigenvalue weighted by Crippen LogP contribution is -2.04. The van der Waals surface area contributed by atoms with Crippen LogP contribution in [-0.2, 0) is 12.8 Å². The van der Waals surface area contributed by atoms with E-state index in [-0.39, 0.29) is 23.7 Å². The Morgan fingerprint density at radius 1 is 1.16 bits per heavy atom. The molecule has 0 radical (unpaired) electrons. The minimum atomic E-state index is -0.137. The molecule has 4 heteroatoms. The van der Waals surface area contributed by atoms with E-state index in [0.29, 0.717) is 29.7 Å². The van der Waals surface area contributed by atoms with Gasteiger partial charge in [0.05, 0.1) is 12.7 Å². The third kappa shape index (κ3) is 4.86. The van der Waals surface area contributed by atoms with Crippen LogP contribution in [0, 0.1) is 0 Å². The number of allylic oxidation sites excluding steroid dienone is 2. The molecule has 0 spiro atoms. The van der Waals surface area contributed by atoms with Crippen LogP contribution >= 0.6 is 0 Å². The third-order valence-corrected chi connectivity index (χ3v) is 4.03. The van der Waals surface area contributed by atoms with Crippen molar-refractivity contribution in [2.24, 2.45) is 0 Å². The van der Waals surface area contributed by atoms with Gasteiger partial charge in [0.1, 0.15) is 17.2 Å². The van der Waals surface area contributed by atoms with Gasteiger partial charge in [-0.2, -0.15) is 0 Å². The summed E-state index contributed by atoms with van der Waals surface area (Å²) in [6.45, 7) is 3.96. The third-order valence-electron chi connectivity index (χ3n) is 4.03. The van der Waals surface area contributed by atoms with Gasteiger partial charge in [0.15, 0.2) is 5.78 Å². The first-order valence-corrected chi connectivity index (χ1v) is 8.25. The second-order valence-electron chi connectivity index (χ2n) is 6.22. The van der Waals surface area contributed by atoms with Gasteiger partial charge in [0.2, 0.25) is 0 Å². The normalized spacial score (nSPS) is 10.4. The standard InChI is InChI=1S/C21H24O4/c1-14(2)7-9-18-20(25-3)12-10-17(21(18)24)19(23)11-8-15-5-4-6-16(22)13-15/h4-7,10,12-13,22,24H,8-9,11H2,1-3H3. The van der Waals surface area contributed by atoms with Crippen molar-refractivity contribution in [1.82, 2.24) is 0 Å². The molecule has 0 unspecified atom stereocenters. The summed E-state index contributed by atoms with van der Waals surface area (Å²) in [4.78, 5) is 12.5. The fraction of sp³-hybridized carbons (Fsp3) is 0.286. The molecular weight excluding hydrogens is 316 g/mol. The van der Waals surface area contributed by atoms with Crippen LogP contribution in [0.25, 0.3) is 0 Å². The number of benzene rings is 2. The first kappa shape index (κ1) is 18.6. The Kier molecular flexibility index (Phi) is 6.23. The zero-order valence-corrected chi connectivity index (χ0v) is 14.9. The Morgan fingerprint density at radius 3 is 2.56 bits per heavy atom. The molecule has 0 fully saturated rings. The smallest absolute Gasteiger partial charge is 0.166 e. The van der Waals surface area contributed by atoms with Gasteiger partial charge in [0.25, 0.3) is 0 Å². The quantitative estimate of drug-likeness (QED) is 0.578. The number of aromatic hydroxyl groups is 2. The molecule has 0 aliphatic carbocycles. The molecule has 0 aliphatic heterocycles. The lowest BCUT2D eigenvalue weighted by Gasteiger charge is -2.13. The van der Waals surface area contributed by atoms with E-state index in [0.717, 1.165) is 11.1 Å². The number of hydrogen-bond acceptors (Lipinski definition) is 4. The Bertz CT molecular complexity index is 786. The predicted octanol–water partition coefficient (Wildman–Crippen LogP) is 4.43. The van der Waals surface area contributed by atoms with Crippen LogP contribution in [0.5, 0.6) is 17.2 Å². The van der Waals surface area contributed by atoms with Gasteiger partial charge in [-0.15, -0.1) is 0 Å². The summed E-state index contributed by atoms with van der Waals surface area (Å²) in [5, 5.41) is 20.0. The molecule has 2 aromatic carbocycles. The van der Waals surface area contributed by atoms with Crippen LogP contribution in [0.1, 0.15) is 41.8 Å². The van der Waals surface area contributed by atoms with Crippen molar-refractivity contribution in [3.8, 4) is 17.2 Å². The molecule has 0 heterocycles. The molecule has 2 rings (SSSR count). The molecule has 25 heavy (non-hydrogen) atoms. The molecule has 2 N–H and O–H groups in total. The first-order chi connectivity index (χ1) is 11.9. The number of carbonyl (C=O) groups is 1. The van der Waals surface area contributed by atoms with E-state index in [1.807, 2.05) is 26.0 Å². The maximum absolute atomic E-state index is 12.5. The average Bonchev–Trinajstić information content (AvgIpc) is 2.58. The van der Waals surface area contributed by atoms with Gasteiger partial charge in [0, 0.05) is 12.0 Å². The van der Waals surface area contributed by atoms with E-state index in [9.17, 15) is 15.0 Å². The van der Waals surface area contributed by atoms with Gasteiger partial charge >= 0.3 is 0 Å². The average molecular weight is 340 g/mol. The van der Waals surface area contributed by atoms with Crippen LogP contribution in [0.2, 0.25) is 0 Å². The maximum Gasteiger partial charge on any atom is 0.166 e. The second kappa shape index (κ2) is 8.38. The number of ketones is 1. The Balaban J connectivity index is 2.21. The van der Waals surface area contributed by atoms with Crippen LogP contribution in [0.15, 0.2) is 48.0 Å². The van der Waals surface area contributed by atoms with Crippen LogP contribution in [0.4, 0.5) is 0 Å². The molecule has 4 nitrogen and oxygen atoms in total. The molecule has 2 aromatic rings. The zero-order valence-electron chi connectivity index (χ0n) is 14.9. The molecule has 0 aliphatic rings. The van der Waals surface area contributed by atoms with Gasteiger partial charge < -0.3 is 14.9 Å². The van der Waals surface area contributed by atoms with Crippen molar-refractivity contribution in [2.45, 2.75) is 33.1 Å². The highest BCUT2D eigenvalue weighted by atomic mass is 16.5. The van der Waals surface area contributed by atoms with Crippen LogP contribution in [0.3, 0.4) is 0 Å². The molecular formula is C21H24O4. The summed E-state index contributed by atoms with van der Waals surface area (Å²) < 4.78 is 5.31. The van der Waals surface area contributed by atoms with Crippen molar-refractivity contribution in [3.63, 3.8) is 0 Å². The molecule has 0 atom stereocenters. The van der Waals surface area contributed by atoms with Gasteiger partial charge in [-0.3, -0.25) is 4.79 Å². The zero-order chi connectivity index (χ0) is 18.4. The van der Waals surface area contributed by atoms with E-state index in [2.05, 4.69) is 0 Å². The van der Waals surface area contributed by atoms with Crippen molar-refractivity contribution in [1.29, 1.82) is 0 Å². The summed E-state index contributed by atoms with van der Waals surface area (Å²) in [5.74, 6) is 0.598. The summed E-state index contributed by atoms with van der Waals surface area (Å²) in [7, 11) is 1.55. The Morgan fingerprint density at radius 2 is 1.92 bits per heavy atom. The summed E-state index contributed by atoms with van der Waals surface area (Å²) >= 11 is 0. The monoisotopic (exact) mass is 340 g/mol. The fourth-order valence-corrected chi connectivity index (χ4v) is 2.64. The lowest BCUT2D eigenvalue weighted by molar-refractivity contribution is 0.0980. The number of hydrogen-bond donors (Lipinski definition) is 2. The number of ether oxygens (including phenoxy) is 1. The number of phenols is 2. The first-order valence-electron chi connectivity index (χ1n) is 8.25. The number of phenolic OH excluding ortho intramolecular Hbond substituents is 2. The molecule has 0 saturated heterocycles. The number of rotatable bonds is 7. The fourth-order valence-electron chi connectivity index (χ4n) is 2.64. The topological polar surface area (TPSA) is 66.8 Å². The molecule has 132 valence electrons. The minimum Gasteiger partial charge on any atom is -0.508 e. The lowest BCUT2D eigenvalue weighted by atomic mass is 9.97. The van der Waals surface area contributed by atoms with E-state index < -0.39 is 0 Å². The highest BCUT2D eigenvalue weighted by Crippen LogP contribution is 2.33. The number of carbonyl (C=O) groups excluding carboxylic acids is 1. The summed E-state index contributed by atoms with van der Waals surface area (Å²) in [5.41, 5.74) is 2.93. The Hall–Kier alpha value is -2.75.